The number of halogens is 1. The molecule has 146 valence electrons. The quantitative estimate of drug-likeness (QED) is 0.845. The zero-order valence-corrected chi connectivity index (χ0v) is 15.1. The number of ether oxygens (including phenoxy) is 2. The fraction of sp³-hybridized carbons (Fsp3) is 0.300. The minimum absolute atomic E-state index is 0.113. The minimum Gasteiger partial charge on any atom is -0.486 e. The van der Waals surface area contributed by atoms with Gasteiger partial charge in [-0.3, -0.25) is 4.79 Å². The summed E-state index contributed by atoms with van der Waals surface area (Å²) in [7, 11) is 0. The number of carbonyl (C=O) groups excluding carboxylic acids is 2. The van der Waals surface area contributed by atoms with Gasteiger partial charge >= 0.3 is 6.03 Å². The molecule has 3 amide bonds. The smallest absolute Gasteiger partial charge is 0.315 e. The van der Waals surface area contributed by atoms with Gasteiger partial charge in [0, 0.05) is 18.7 Å². The summed E-state index contributed by atoms with van der Waals surface area (Å²) in [6.45, 7) is 0.967. The molecule has 0 aliphatic carbocycles. The van der Waals surface area contributed by atoms with E-state index in [1.807, 2.05) is 24.3 Å². The normalized spacial score (nSPS) is 20.8. The van der Waals surface area contributed by atoms with Crippen LogP contribution in [0.15, 0.2) is 48.5 Å². The van der Waals surface area contributed by atoms with Crippen LogP contribution in [0.5, 0.6) is 11.5 Å². The highest BCUT2D eigenvalue weighted by atomic mass is 19.1. The monoisotopic (exact) mass is 385 g/mol. The van der Waals surface area contributed by atoms with Crippen molar-refractivity contribution < 1.29 is 23.5 Å². The summed E-state index contributed by atoms with van der Waals surface area (Å²) in [5.74, 6) is 0.865. The van der Waals surface area contributed by atoms with Gasteiger partial charge in [0.1, 0.15) is 12.4 Å². The van der Waals surface area contributed by atoms with Crippen molar-refractivity contribution in [2.45, 2.75) is 18.6 Å². The molecular formula is C20H20FN3O4. The number of hydrogen-bond donors (Lipinski definition) is 2. The SMILES string of the molecule is O=C(NC[C@H]1COc2ccccc2O1)N[C@H]1CC(=O)N(c2ccc(F)cc2)C1. The van der Waals surface area contributed by atoms with Crippen molar-refractivity contribution in [3.05, 3.63) is 54.3 Å². The fourth-order valence-corrected chi connectivity index (χ4v) is 3.28. The van der Waals surface area contributed by atoms with E-state index in [1.54, 1.807) is 17.0 Å². The number of anilines is 1. The third kappa shape index (κ3) is 4.00. The second-order valence-corrected chi connectivity index (χ2v) is 6.73. The first kappa shape index (κ1) is 18.1. The van der Waals surface area contributed by atoms with Crippen molar-refractivity contribution in [2.75, 3.05) is 24.6 Å². The van der Waals surface area contributed by atoms with Crippen molar-refractivity contribution in [2.24, 2.45) is 0 Å². The van der Waals surface area contributed by atoms with Crippen LogP contribution < -0.4 is 25.0 Å². The van der Waals surface area contributed by atoms with Crippen LogP contribution in [-0.4, -0.2) is 43.8 Å². The molecule has 0 unspecified atom stereocenters. The molecule has 2 heterocycles. The van der Waals surface area contributed by atoms with Gasteiger partial charge in [-0.15, -0.1) is 0 Å². The summed E-state index contributed by atoms with van der Waals surface area (Å²) in [6.07, 6.45) is -0.0946. The lowest BCUT2D eigenvalue weighted by Crippen LogP contribution is -2.47. The Balaban J connectivity index is 1.25. The third-order valence-electron chi connectivity index (χ3n) is 4.66. The zero-order valence-electron chi connectivity index (χ0n) is 15.1. The van der Waals surface area contributed by atoms with E-state index in [9.17, 15) is 14.0 Å². The molecule has 2 atom stereocenters. The molecule has 0 saturated carbocycles. The van der Waals surface area contributed by atoms with Gasteiger partial charge in [-0.25, -0.2) is 9.18 Å². The number of para-hydroxylation sites is 2. The molecule has 2 aromatic carbocycles. The van der Waals surface area contributed by atoms with Gasteiger partial charge in [-0.2, -0.15) is 0 Å². The van der Waals surface area contributed by atoms with Crippen molar-refractivity contribution >= 4 is 17.6 Å². The Hall–Kier alpha value is -3.29. The van der Waals surface area contributed by atoms with E-state index in [1.165, 1.54) is 12.1 Å². The number of benzene rings is 2. The van der Waals surface area contributed by atoms with Gasteiger partial charge in [-0.1, -0.05) is 12.1 Å². The maximum Gasteiger partial charge on any atom is 0.315 e. The maximum absolute atomic E-state index is 13.1. The first-order chi connectivity index (χ1) is 13.6. The Bertz CT molecular complexity index is 874. The van der Waals surface area contributed by atoms with E-state index in [0.29, 0.717) is 30.3 Å². The molecule has 2 N–H and O–H groups in total. The first-order valence-electron chi connectivity index (χ1n) is 9.07. The van der Waals surface area contributed by atoms with Crippen LogP contribution >= 0.6 is 0 Å². The molecule has 8 heteroatoms. The lowest BCUT2D eigenvalue weighted by atomic mass is 10.2. The number of fused-ring (bicyclic) bond motifs is 1. The summed E-state index contributed by atoms with van der Waals surface area (Å²) >= 11 is 0. The highest BCUT2D eigenvalue weighted by molar-refractivity contribution is 5.96. The largest absolute Gasteiger partial charge is 0.486 e. The van der Waals surface area contributed by atoms with E-state index in [-0.39, 0.29) is 42.9 Å². The zero-order chi connectivity index (χ0) is 19.5. The fourth-order valence-electron chi connectivity index (χ4n) is 3.28. The standard InChI is InChI=1S/C20H20FN3O4/c21-13-5-7-15(8-6-13)24-11-14(9-19(24)25)23-20(26)22-10-16-12-27-17-3-1-2-4-18(17)28-16/h1-8,14,16H,9-12H2,(H2,22,23,26)/t14-,16-/m0/s1. The van der Waals surface area contributed by atoms with E-state index in [2.05, 4.69) is 10.6 Å². The molecule has 0 aromatic heterocycles. The van der Waals surface area contributed by atoms with Crippen LogP contribution in [0.3, 0.4) is 0 Å². The molecular weight excluding hydrogens is 365 g/mol. The van der Waals surface area contributed by atoms with Crippen LogP contribution in [0.2, 0.25) is 0 Å². The van der Waals surface area contributed by atoms with Crippen molar-refractivity contribution in [1.29, 1.82) is 0 Å². The molecule has 2 aliphatic rings. The molecule has 2 aliphatic heterocycles. The van der Waals surface area contributed by atoms with Gasteiger partial charge in [0.25, 0.3) is 0 Å². The molecule has 28 heavy (non-hydrogen) atoms. The van der Waals surface area contributed by atoms with Gasteiger partial charge in [0.05, 0.1) is 12.6 Å². The number of nitrogens with zero attached hydrogens (tertiary/aromatic N) is 1. The molecule has 4 rings (SSSR count). The average Bonchev–Trinajstić information content (AvgIpc) is 3.06. The summed E-state index contributed by atoms with van der Waals surface area (Å²) in [4.78, 5) is 25.9. The Kier molecular flexibility index (Phi) is 5.01. The Morgan fingerprint density at radius 2 is 1.89 bits per heavy atom. The Labute approximate surface area is 161 Å². The minimum atomic E-state index is -0.374. The number of nitrogens with one attached hydrogen (secondary N) is 2. The lowest BCUT2D eigenvalue weighted by Gasteiger charge is -2.26. The van der Waals surface area contributed by atoms with Gasteiger partial charge in [0.2, 0.25) is 5.91 Å². The highest BCUT2D eigenvalue weighted by Crippen LogP contribution is 2.30. The van der Waals surface area contributed by atoms with E-state index >= 15 is 0 Å². The van der Waals surface area contributed by atoms with Crippen LogP contribution in [0.25, 0.3) is 0 Å². The average molecular weight is 385 g/mol. The lowest BCUT2D eigenvalue weighted by molar-refractivity contribution is -0.117. The number of hydrogen-bond acceptors (Lipinski definition) is 4. The van der Waals surface area contributed by atoms with Crippen molar-refractivity contribution in [1.82, 2.24) is 10.6 Å². The van der Waals surface area contributed by atoms with Gasteiger partial charge in [0.15, 0.2) is 17.6 Å². The first-order valence-corrected chi connectivity index (χ1v) is 9.07. The summed E-state index contributed by atoms with van der Waals surface area (Å²) < 4.78 is 24.5. The third-order valence-corrected chi connectivity index (χ3v) is 4.66. The molecule has 1 fully saturated rings. The maximum atomic E-state index is 13.1. The topological polar surface area (TPSA) is 79.9 Å². The van der Waals surface area contributed by atoms with Crippen LogP contribution in [0, 0.1) is 5.82 Å². The predicted octanol–water partition coefficient (Wildman–Crippen LogP) is 2.07. The molecule has 0 spiro atoms. The highest BCUT2D eigenvalue weighted by Gasteiger charge is 2.31. The summed E-state index contributed by atoms with van der Waals surface area (Å²) in [5.41, 5.74) is 0.613. The molecule has 1 saturated heterocycles. The summed E-state index contributed by atoms with van der Waals surface area (Å²) in [6, 6.07) is 12.4. The molecule has 7 nitrogen and oxygen atoms in total. The van der Waals surface area contributed by atoms with Crippen LogP contribution in [0.4, 0.5) is 14.9 Å². The van der Waals surface area contributed by atoms with E-state index in [4.69, 9.17) is 9.47 Å². The number of carbonyl (C=O) groups is 2. The number of amides is 3. The van der Waals surface area contributed by atoms with Crippen LogP contribution in [0.1, 0.15) is 6.42 Å². The summed E-state index contributed by atoms with van der Waals surface area (Å²) in [5, 5.41) is 5.55. The molecule has 0 bridgehead atoms. The molecule has 2 aromatic rings. The second kappa shape index (κ2) is 7.75. The van der Waals surface area contributed by atoms with Crippen molar-refractivity contribution in [3.8, 4) is 11.5 Å². The molecule has 0 radical (unpaired) electrons. The van der Waals surface area contributed by atoms with Crippen molar-refractivity contribution in [3.63, 3.8) is 0 Å². The Morgan fingerprint density at radius 1 is 1.14 bits per heavy atom. The number of urea groups is 1. The van der Waals surface area contributed by atoms with Gasteiger partial charge < -0.3 is 25.0 Å². The van der Waals surface area contributed by atoms with E-state index in [0.717, 1.165) is 0 Å². The Morgan fingerprint density at radius 3 is 2.68 bits per heavy atom. The number of rotatable bonds is 4. The van der Waals surface area contributed by atoms with Crippen LogP contribution in [-0.2, 0) is 4.79 Å². The predicted molar refractivity (Wildman–Crippen MR) is 100 cm³/mol. The van der Waals surface area contributed by atoms with Gasteiger partial charge in [-0.05, 0) is 36.4 Å². The second-order valence-electron chi connectivity index (χ2n) is 6.73. The van der Waals surface area contributed by atoms with E-state index < -0.39 is 0 Å².